The molecule has 4 bridgehead atoms. The fraction of sp³-hybridized carbons (Fsp3) is 0.696. The summed E-state index contributed by atoms with van der Waals surface area (Å²) >= 11 is 6.17. The summed E-state index contributed by atoms with van der Waals surface area (Å²) in [5, 5.41) is 7.69. The molecule has 1 aliphatic heterocycles. The van der Waals surface area contributed by atoms with Crippen LogP contribution in [0.3, 0.4) is 0 Å². The van der Waals surface area contributed by atoms with E-state index in [0.717, 1.165) is 48.2 Å². The smallest absolute Gasteiger partial charge is 0.237 e. The third-order valence-corrected chi connectivity index (χ3v) is 8.12. The Balaban J connectivity index is 1.28. The number of halogens is 1. The van der Waals surface area contributed by atoms with Crippen molar-refractivity contribution in [3.05, 3.63) is 34.9 Å². The Labute approximate surface area is 173 Å². The molecule has 4 saturated carbocycles. The summed E-state index contributed by atoms with van der Waals surface area (Å²) in [5.74, 6) is 3.88. The van der Waals surface area contributed by atoms with Crippen LogP contribution < -0.4 is 10.6 Å². The van der Waals surface area contributed by atoms with Gasteiger partial charge in [-0.15, -0.1) is 0 Å². The lowest BCUT2D eigenvalue weighted by Crippen LogP contribution is -2.57. The Morgan fingerprint density at radius 2 is 1.82 bits per heavy atom. The number of carbonyl (C=O) groups is 1. The number of likely N-dealkylation sites (tertiary alicyclic amines) is 1. The standard InChI is InChI=1S/C23H32ClN3O/c1-25-23(28)21-11-20(13-27(21)12-14-3-2-4-19(24)10-14)26-22-17-6-15-5-16(8-17)9-18(22)7-15/h2-4,10,15-18,20-22,26H,5-9,11-13H2,1H3,(H,25,28)/t15?,16?,17?,18?,20-,21-,22?/m0/s1. The second-order valence-corrected chi connectivity index (χ2v) is 10.2. The van der Waals surface area contributed by atoms with Gasteiger partial charge in [0.15, 0.2) is 0 Å². The average Bonchev–Trinajstić information content (AvgIpc) is 3.06. The Morgan fingerprint density at radius 1 is 1.11 bits per heavy atom. The van der Waals surface area contributed by atoms with Crippen molar-refractivity contribution in [1.29, 1.82) is 0 Å². The van der Waals surface area contributed by atoms with Crippen LogP contribution in [0, 0.1) is 23.7 Å². The molecule has 28 heavy (non-hydrogen) atoms. The SMILES string of the molecule is CNC(=O)[C@@H]1C[C@H](NC2C3CC4CC(C3)CC2C4)CN1Cc1cccc(Cl)c1. The van der Waals surface area contributed by atoms with Crippen molar-refractivity contribution >= 4 is 17.5 Å². The summed E-state index contributed by atoms with van der Waals surface area (Å²) in [4.78, 5) is 14.9. The number of carbonyl (C=O) groups excluding carboxylic acids is 1. The first-order valence-electron chi connectivity index (χ1n) is 11.0. The van der Waals surface area contributed by atoms with Crippen molar-refractivity contribution in [2.75, 3.05) is 13.6 Å². The number of hydrogen-bond acceptors (Lipinski definition) is 3. The van der Waals surface area contributed by atoms with E-state index in [-0.39, 0.29) is 11.9 Å². The first-order valence-corrected chi connectivity index (χ1v) is 11.4. The molecule has 1 saturated heterocycles. The number of amides is 1. The quantitative estimate of drug-likeness (QED) is 0.794. The van der Waals surface area contributed by atoms with Gasteiger partial charge >= 0.3 is 0 Å². The van der Waals surface area contributed by atoms with Crippen LogP contribution in [-0.4, -0.2) is 42.5 Å². The molecule has 5 fully saturated rings. The number of likely N-dealkylation sites (N-methyl/N-ethyl adjacent to an activating group) is 1. The maximum absolute atomic E-state index is 12.6. The van der Waals surface area contributed by atoms with E-state index in [1.807, 2.05) is 18.2 Å². The van der Waals surface area contributed by atoms with E-state index in [9.17, 15) is 4.79 Å². The molecule has 1 heterocycles. The third kappa shape index (κ3) is 3.59. The van der Waals surface area contributed by atoms with Gasteiger partial charge in [-0.3, -0.25) is 9.69 Å². The molecule has 0 aromatic heterocycles. The predicted molar refractivity (Wildman–Crippen MR) is 112 cm³/mol. The van der Waals surface area contributed by atoms with E-state index in [1.165, 1.54) is 37.7 Å². The highest BCUT2D eigenvalue weighted by atomic mass is 35.5. The van der Waals surface area contributed by atoms with E-state index in [0.29, 0.717) is 12.1 Å². The Bertz CT molecular complexity index is 710. The maximum atomic E-state index is 12.6. The zero-order chi connectivity index (χ0) is 19.3. The highest BCUT2D eigenvalue weighted by Crippen LogP contribution is 2.53. The summed E-state index contributed by atoms with van der Waals surface area (Å²) in [6, 6.07) is 9.04. The van der Waals surface area contributed by atoms with E-state index in [1.54, 1.807) is 7.05 Å². The predicted octanol–water partition coefficient (Wildman–Crippen LogP) is 3.44. The normalized spacial score (nSPS) is 39.4. The highest BCUT2D eigenvalue weighted by molar-refractivity contribution is 6.30. The molecular formula is C23H32ClN3O. The fourth-order valence-corrected chi connectivity index (χ4v) is 7.19. The molecule has 4 aliphatic carbocycles. The van der Waals surface area contributed by atoms with E-state index in [4.69, 9.17) is 11.6 Å². The molecule has 5 heteroatoms. The van der Waals surface area contributed by atoms with Crippen LogP contribution in [0.5, 0.6) is 0 Å². The molecule has 1 aromatic rings. The molecule has 5 aliphatic rings. The van der Waals surface area contributed by atoms with Crippen molar-refractivity contribution in [3.8, 4) is 0 Å². The largest absolute Gasteiger partial charge is 0.358 e. The Morgan fingerprint density at radius 3 is 2.46 bits per heavy atom. The zero-order valence-corrected chi connectivity index (χ0v) is 17.5. The van der Waals surface area contributed by atoms with Gasteiger partial charge < -0.3 is 10.6 Å². The van der Waals surface area contributed by atoms with E-state index in [2.05, 4.69) is 21.6 Å². The second-order valence-electron chi connectivity index (χ2n) is 9.75. The molecule has 0 radical (unpaired) electrons. The zero-order valence-electron chi connectivity index (χ0n) is 16.7. The Hall–Kier alpha value is -1.10. The van der Waals surface area contributed by atoms with Crippen molar-refractivity contribution in [2.45, 2.75) is 63.2 Å². The van der Waals surface area contributed by atoms with Crippen LogP contribution in [0.1, 0.15) is 44.1 Å². The molecule has 6 rings (SSSR count). The van der Waals surface area contributed by atoms with Crippen LogP contribution in [0.4, 0.5) is 0 Å². The summed E-state index contributed by atoms with van der Waals surface area (Å²) in [7, 11) is 1.75. The number of nitrogens with zero attached hydrogens (tertiary/aromatic N) is 1. The van der Waals surface area contributed by atoms with Crippen molar-refractivity contribution in [3.63, 3.8) is 0 Å². The minimum absolute atomic E-state index is 0.0571. The molecule has 0 unspecified atom stereocenters. The van der Waals surface area contributed by atoms with E-state index < -0.39 is 0 Å². The summed E-state index contributed by atoms with van der Waals surface area (Å²) in [5.41, 5.74) is 1.18. The first kappa shape index (κ1) is 18.9. The molecule has 152 valence electrons. The van der Waals surface area contributed by atoms with Gasteiger partial charge in [0.1, 0.15) is 0 Å². The van der Waals surface area contributed by atoms with Gasteiger partial charge in [0.05, 0.1) is 6.04 Å². The summed E-state index contributed by atoms with van der Waals surface area (Å²) < 4.78 is 0. The number of nitrogens with one attached hydrogen (secondary N) is 2. The molecular weight excluding hydrogens is 370 g/mol. The van der Waals surface area contributed by atoms with Crippen LogP contribution >= 0.6 is 11.6 Å². The molecule has 1 aromatic carbocycles. The monoisotopic (exact) mass is 401 g/mol. The summed E-state index contributed by atoms with van der Waals surface area (Å²) in [6.07, 6.45) is 8.13. The molecule has 1 amide bonds. The van der Waals surface area contributed by atoms with Crippen LogP contribution in [-0.2, 0) is 11.3 Å². The molecule has 0 spiro atoms. The van der Waals surface area contributed by atoms with Gasteiger partial charge in [0.2, 0.25) is 5.91 Å². The maximum Gasteiger partial charge on any atom is 0.237 e. The van der Waals surface area contributed by atoms with Gasteiger partial charge in [0.25, 0.3) is 0 Å². The van der Waals surface area contributed by atoms with Gasteiger partial charge in [-0.25, -0.2) is 0 Å². The first-order chi connectivity index (χ1) is 13.6. The number of rotatable bonds is 5. The van der Waals surface area contributed by atoms with Crippen molar-refractivity contribution < 1.29 is 4.79 Å². The topological polar surface area (TPSA) is 44.4 Å². The second kappa shape index (κ2) is 7.62. The van der Waals surface area contributed by atoms with Gasteiger partial charge in [0, 0.05) is 37.2 Å². The fourth-order valence-electron chi connectivity index (χ4n) is 6.98. The Kier molecular flexibility index (Phi) is 5.14. The third-order valence-electron chi connectivity index (χ3n) is 7.88. The van der Waals surface area contributed by atoms with Crippen molar-refractivity contribution in [1.82, 2.24) is 15.5 Å². The lowest BCUT2D eigenvalue weighted by atomic mass is 9.54. The lowest BCUT2D eigenvalue weighted by Gasteiger charge is -2.55. The molecule has 4 nitrogen and oxygen atoms in total. The molecule has 2 atom stereocenters. The van der Waals surface area contributed by atoms with Crippen LogP contribution in [0.15, 0.2) is 24.3 Å². The minimum atomic E-state index is -0.0571. The summed E-state index contributed by atoms with van der Waals surface area (Å²) in [6.45, 7) is 1.71. The van der Waals surface area contributed by atoms with Gasteiger partial charge in [-0.1, -0.05) is 23.7 Å². The van der Waals surface area contributed by atoms with Crippen LogP contribution in [0.25, 0.3) is 0 Å². The lowest BCUT2D eigenvalue weighted by molar-refractivity contribution is -0.125. The van der Waals surface area contributed by atoms with Crippen molar-refractivity contribution in [2.24, 2.45) is 23.7 Å². The average molecular weight is 402 g/mol. The molecule has 2 N–H and O–H groups in total. The van der Waals surface area contributed by atoms with Gasteiger partial charge in [-0.2, -0.15) is 0 Å². The number of benzene rings is 1. The number of hydrogen-bond donors (Lipinski definition) is 2. The minimum Gasteiger partial charge on any atom is -0.358 e. The van der Waals surface area contributed by atoms with Gasteiger partial charge in [-0.05, 0) is 79.9 Å². The van der Waals surface area contributed by atoms with Crippen LogP contribution in [0.2, 0.25) is 5.02 Å². The highest BCUT2D eigenvalue weighted by Gasteiger charge is 2.49. The van der Waals surface area contributed by atoms with E-state index >= 15 is 0 Å².